The molecule has 2 aliphatic carbocycles. The van der Waals surface area contributed by atoms with Gasteiger partial charge in [0.25, 0.3) is 0 Å². The van der Waals surface area contributed by atoms with Gasteiger partial charge in [-0.3, -0.25) is 9.59 Å². The van der Waals surface area contributed by atoms with Crippen LogP contribution in [0.1, 0.15) is 39.5 Å². The van der Waals surface area contributed by atoms with Gasteiger partial charge in [-0.15, -0.1) is 0 Å². The lowest BCUT2D eigenvalue weighted by molar-refractivity contribution is -0.141. The first kappa shape index (κ1) is 13.3. The highest BCUT2D eigenvalue weighted by Crippen LogP contribution is 2.41. The van der Waals surface area contributed by atoms with E-state index in [9.17, 15) is 14.7 Å². The number of aliphatic carboxylic acids is 1. The van der Waals surface area contributed by atoms with Crippen LogP contribution in [0, 0.1) is 17.3 Å². The summed E-state index contributed by atoms with van der Waals surface area (Å²) < 4.78 is 0. The predicted molar refractivity (Wildman–Crippen MR) is 64.8 cm³/mol. The maximum absolute atomic E-state index is 12.0. The topological polar surface area (TPSA) is 86.6 Å². The van der Waals surface area contributed by atoms with Crippen LogP contribution in [0.25, 0.3) is 0 Å². The summed E-state index contributed by atoms with van der Waals surface area (Å²) in [5.74, 6) is -1.41. The summed E-state index contributed by atoms with van der Waals surface area (Å²) in [6.45, 7) is 3.86. The van der Waals surface area contributed by atoms with Crippen molar-refractivity contribution in [2.45, 2.75) is 51.7 Å². The molecule has 2 saturated carbocycles. The first-order valence-corrected chi connectivity index (χ1v) is 6.53. The number of rotatable bonds is 3. The summed E-state index contributed by atoms with van der Waals surface area (Å²) in [6, 6.07) is 0.00359. The third kappa shape index (κ3) is 2.23. The minimum Gasteiger partial charge on any atom is -0.481 e. The molecule has 4 atom stereocenters. The molecule has 2 rings (SSSR count). The molecule has 1 amide bonds. The van der Waals surface area contributed by atoms with Gasteiger partial charge in [0.15, 0.2) is 0 Å². The second-order valence-corrected chi connectivity index (χ2v) is 6.18. The number of hydrogen-bond donors (Lipinski definition) is 3. The molecular formula is C13H21NO4. The Balaban J connectivity index is 1.85. The van der Waals surface area contributed by atoms with Crippen LogP contribution in [-0.2, 0) is 9.59 Å². The van der Waals surface area contributed by atoms with E-state index in [1.807, 2.05) is 13.8 Å². The Morgan fingerprint density at radius 2 is 1.78 bits per heavy atom. The van der Waals surface area contributed by atoms with Crippen molar-refractivity contribution in [1.82, 2.24) is 5.32 Å². The van der Waals surface area contributed by atoms with Gasteiger partial charge in [0.1, 0.15) is 0 Å². The highest BCUT2D eigenvalue weighted by atomic mass is 16.4. The normalized spacial score (nSPS) is 37.9. The second-order valence-electron chi connectivity index (χ2n) is 6.18. The van der Waals surface area contributed by atoms with Crippen molar-refractivity contribution in [3.8, 4) is 0 Å². The van der Waals surface area contributed by atoms with E-state index in [1.54, 1.807) is 0 Å². The quantitative estimate of drug-likeness (QED) is 0.695. The number of amides is 1. The largest absolute Gasteiger partial charge is 0.481 e. The van der Waals surface area contributed by atoms with Crippen LogP contribution in [0.15, 0.2) is 0 Å². The van der Waals surface area contributed by atoms with E-state index in [2.05, 4.69) is 5.32 Å². The Bertz CT molecular complexity index is 366. The van der Waals surface area contributed by atoms with Crippen LogP contribution in [0.2, 0.25) is 0 Å². The number of nitrogens with one attached hydrogen (secondary N) is 1. The Hall–Kier alpha value is -1.10. The van der Waals surface area contributed by atoms with E-state index in [4.69, 9.17) is 5.11 Å². The molecule has 0 heterocycles. The van der Waals surface area contributed by atoms with Gasteiger partial charge in [-0.05, 0) is 25.7 Å². The fourth-order valence-electron chi connectivity index (χ4n) is 2.88. The van der Waals surface area contributed by atoms with Crippen molar-refractivity contribution in [1.29, 1.82) is 0 Å². The lowest BCUT2D eigenvalue weighted by Gasteiger charge is -2.49. The van der Waals surface area contributed by atoms with Gasteiger partial charge in [0.2, 0.25) is 5.91 Å². The summed E-state index contributed by atoms with van der Waals surface area (Å²) in [5.41, 5.74) is -0.277. The van der Waals surface area contributed by atoms with Crippen molar-refractivity contribution in [2.24, 2.45) is 17.3 Å². The van der Waals surface area contributed by atoms with Gasteiger partial charge in [-0.2, -0.15) is 0 Å². The molecule has 4 unspecified atom stereocenters. The number of hydrogen-bond acceptors (Lipinski definition) is 3. The number of carbonyl (C=O) groups excluding carboxylic acids is 1. The van der Waals surface area contributed by atoms with Crippen LogP contribution in [-0.4, -0.2) is 34.2 Å². The number of aliphatic hydroxyl groups excluding tert-OH is 1. The molecule has 0 bridgehead atoms. The first-order valence-electron chi connectivity index (χ1n) is 6.53. The Kier molecular flexibility index (Phi) is 3.36. The first-order chi connectivity index (χ1) is 8.32. The summed E-state index contributed by atoms with van der Waals surface area (Å²) in [6.07, 6.45) is 1.91. The van der Waals surface area contributed by atoms with Gasteiger partial charge >= 0.3 is 5.97 Å². The number of aliphatic hydroxyl groups is 1. The predicted octanol–water partition coefficient (Wildman–Crippen LogP) is 0.763. The maximum atomic E-state index is 12.0. The van der Waals surface area contributed by atoms with Gasteiger partial charge in [0, 0.05) is 17.4 Å². The highest BCUT2D eigenvalue weighted by Gasteiger charge is 2.48. The molecule has 0 radical (unpaired) electrons. The van der Waals surface area contributed by atoms with Crippen molar-refractivity contribution in [3.05, 3.63) is 0 Å². The summed E-state index contributed by atoms with van der Waals surface area (Å²) in [5, 5.41) is 21.5. The summed E-state index contributed by atoms with van der Waals surface area (Å²) in [4.78, 5) is 22.9. The third-order valence-corrected chi connectivity index (χ3v) is 4.69. The molecule has 3 N–H and O–H groups in total. The zero-order chi connectivity index (χ0) is 13.5. The Morgan fingerprint density at radius 3 is 2.22 bits per heavy atom. The van der Waals surface area contributed by atoms with Crippen molar-refractivity contribution >= 4 is 11.9 Å². The highest BCUT2D eigenvalue weighted by molar-refractivity contribution is 5.81. The molecule has 0 aromatic heterocycles. The molecule has 18 heavy (non-hydrogen) atoms. The van der Waals surface area contributed by atoms with Crippen molar-refractivity contribution in [2.75, 3.05) is 0 Å². The zero-order valence-electron chi connectivity index (χ0n) is 10.8. The second kappa shape index (κ2) is 4.53. The van der Waals surface area contributed by atoms with Gasteiger partial charge < -0.3 is 15.5 Å². The lowest BCUT2D eigenvalue weighted by atomic mass is 9.64. The van der Waals surface area contributed by atoms with Gasteiger partial charge in [0.05, 0.1) is 12.0 Å². The molecule has 0 aliphatic heterocycles. The van der Waals surface area contributed by atoms with Crippen molar-refractivity contribution < 1.29 is 19.8 Å². The Morgan fingerprint density at radius 1 is 1.17 bits per heavy atom. The molecule has 102 valence electrons. The summed E-state index contributed by atoms with van der Waals surface area (Å²) in [7, 11) is 0. The summed E-state index contributed by atoms with van der Waals surface area (Å²) >= 11 is 0. The smallest absolute Gasteiger partial charge is 0.306 e. The number of carboxylic acids is 1. The molecule has 0 aromatic rings. The molecule has 5 nitrogen and oxygen atoms in total. The standard InChI is InChI=1S/C13H21NO4/c1-13(2)9(6-10(13)15)14-11(16)7-3-4-8(5-7)12(17)18/h7-10,15H,3-6H2,1-2H3,(H,14,16)(H,17,18). The van der Waals surface area contributed by atoms with Crippen molar-refractivity contribution in [3.63, 3.8) is 0 Å². The molecule has 2 aliphatic rings. The van der Waals surface area contributed by atoms with Gasteiger partial charge in [-0.1, -0.05) is 13.8 Å². The third-order valence-electron chi connectivity index (χ3n) is 4.69. The Labute approximate surface area is 107 Å². The van der Waals surface area contributed by atoms with Crippen LogP contribution in [0.4, 0.5) is 0 Å². The average Bonchev–Trinajstić information content (AvgIpc) is 2.78. The fraction of sp³-hybridized carbons (Fsp3) is 0.846. The average molecular weight is 255 g/mol. The maximum Gasteiger partial charge on any atom is 0.306 e. The molecule has 0 aromatic carbocycles. The van der Waals surface area contributed by atoms with Crippen LogP contribution >= 0.6 is 0 Å². The van der Waals surface area contributed by atoms with E-state index >= 15 is 0 Å². The molecule has 0 spiro atoms. The monoisotopic (exact) mass is 255 g/mol. The molecule has 2 fully saturated rings. The lowest BCUT2D eigenvalue weighted by Crippen LogP contribution is -2.61. The SMILES string of the molecule is CC1(C)C(O)CC1NC(=O)C1CCC(C(=O)O)C1. The molecule has 0 saturated heterocycles. The number of carboxylic acid groups (broad SMARTS) is 1. The van der Waals surface area contributed by atoms with Gasteiger partial charge in [-0.25, -0.2) is 0 Å². The molecular weight excluding hydrogens is 234 g/mol. The van der Waals surface area contributed by atoms with Crippen LogP contribution in [0.5, 0.6) is 0 Å². The minimum atomic E-state index is -0.801. The van der Waals surface area contributed by atoms with E-state index in [1.165, 1.54) is 0 Å². The van der Waals surface area contributed by atoms with E-state index in [0.29, 0.717) is 25.7 Å². The fourth-order valence-corrected chi connectivity index (χ4v) is 2.88. The minimum absolute atomic E-state index is 0.00359. The molecule has 5 heteroatoms. The van der Waals surface area contributed by atoms with E-state index in [0.717, 1.165) is 0 Å². The number of carbonyl (C=O) groups is 2. The van der Waals surface area contributed by atoms with E-state index in [-0.39, 0.29) is 35.3 Å². The zero-order valence-corrected chi connectivity index (χ0v) is 10.8. The van der Waals surface area contributed by atoms with Crippen LogP contribution in [0.3, 0.4) is 0 Å². The van der Waals surface area contributed by atoms with Crippen LogP contribution < -0.4 is 5.32 Å². The van der Waals surface area contributed by atoms with E-state index < -0.39 is 5.97 Å².